The van der Waals surface area contributed by atoms with E-state index in [-0.39, 0.29) is 19.3 Å². The highest BCUT2D eigenvalue weighted by Crippen LogP contribution is 2.17. The highest BCUT2D eigenvalue weighted by Gasteiger charge is 2.41. The molecular formula is C23H38N2O4. The summed E-state index contributed by atoms with van der Waals surface area (Å²) in [6.07, 6.45) is 21.4. The van der Waals surface area contributed by atoms with E-state index in [2.05, 4.69) is 43.4 Å². The Morgan fingerprint density at radius 3 is 1.97 bits per heavy atom. The van der Waals surface area contributed by atoms with Gasteiger partial charge in [-0.25, -0.2) is 4.79 Å². The summed E-state index contributed by atoms with van der Waals surface area (Å²) < 4.78 is 0. The molecule has 0 aromatic heterocycles. The second-order valence-corrected chi connectivity index (χ2v) is 7.27. The van der Waals surface area contributed by atoms with Gasteiger partial charge in [0.05, 0.1) is 0 Å². The summed E-state index contributed by atoms with van der Waals surface area (Å²) in [6, 6.07) is 0. The minimum absolute atomic E-state index is 0.112. The standard InChI is InChI=1S/C23H38N2O4/c1-2-3-4-5-6-7-8-9-10-11-12-13-14-15-16-17-20(26)23(25,22(28)29)19-18-21(24)27/h3-4,6-7,9-10H,2,5,8,11-19,25H2,1H3,(H2,24,27)(H,28,29)/b4-3+,7-6+,10-9+/t23-/m1/s1. The average molecular weight is 407 g/mol. The second kappa shape index (κ2) is 16.7. The second-order valence-electron chi connectivity index (χ2n) is 7.27. The lowest BCUT2D eigenvalue weighted by Crippen LogP contribution is -2.55. The molecular weight excluding hydrogens is 368 g/mol. The van der Waals surface area contributed by atoms with Crippen molar-refractivity contribution in [3.05, 3.63) is 36.5 Å². The number of carbonyl (C=O) groups is 3. The number of ketones is 1. The molecule has 0 aliphatic rings. The molecule has 29 heavy (non-hydrogen) atoms. The molecule has 6 heteroatoms. The maximum absolute atomic E-state index is 12.2. The van der Waals surface area contributed by atoms with Gasteiger partial charge in [0.1, 0.15) is 0 Å². The maximum Gasteiger partial charge on any atom is 0.331 e. The Morgan fingerprint density at radius 2 is 1.38 bits per heavy atom. The fourth-order valence-corrected chi connectivity index (χ4v) is 2.81. The van der Waals surface area contributed by atoms with E-state index < -0.39 is 23.2 Å². The van der Waals surface area contributed by atoms with E-state index >= 15 is 0 Å². The molecule has 0 saturated carbocycles. The van der Waals surface area contributed by atoms with Gasteiger partial charge in [-0.2, -0.15) is 0 Å². The van der Waals surface area contributed by atoms with Crippen LogP contribution in [0.2, 0.25) is 0 Å². The lowest BCUT2D eigenvalue weighted by Gasteiger charge is -2.22. The zero-order chi connectivity index (χ0) is 22.0. The maximum atomic E-state index is 12.2. The number of carbonyl (C=O) groups excluding carboxylic acids is 2. The van der Waals surface area contributed by atoms with Gasteiger partial charge in [0.2, 0.25) is 5.91 Å². The summed E-state index contributed by atoms with van der Waals surface area (Å²) >= 11 is 0. The van der Waals surface area contributed by atoms with Crippen LogP contribution in [0, 0.1) is 0 Å². The molecule has 0 aromatic carbocycles. The van der Waals surface area contributed by atoms with Crippen LogP contribution >= 0.6 is 0 Å². The first-order valence-corrected chi connectivity index (χ1v) is 10.6. The predicted octanol–water partition coefficient (Wildman–Crippen LogP) is 4.19. The molecule has 0 saturated heterocycles. The largest absolute Gasteiger partial charge is 0.480 e. The first-order chi connectivity index (χ1) is 13.8. The summed E-state index contributed by atoms with van der Waals surface area (Å²) in [5, 5.41) is 9.23. The van der Waals surface area contributed by atoms with Gasteiger partial charge in [0.15, 0.2) is 11.3 Å². The normalized spacial score (nSPS) is 14.0. The molecule has 0 aliphatic heterocycles. The van der Waals surface area contributed by atoms with Crippen molar-refractivity contribution >= 4 is 17.7 Å². The van der Waals surface area contributed by atoms with E-state index in [0.717, 1.165) is 51.4 Å². The van der Waals surface area contributed by atoms with Gasteiger partial charge in [0, 0.05) is 12.8 Å². The SMILES string of the molecule is CC/C=C/C/C=C/C/C=C/CCCCCCCC(=O)[C@](N)(CCC(N)=O)C(=O)O. The number of amides is 1. The van der Waals surface area contributed by atoms with E-state index in [9.17, 15) is 19.5 Å². The third-order valence-electron chi connectivity index (χ3n) is 4.70. The molecule has 0 radical (unpaired) electrons. The van der Waals surface area contributed by atoms with E-state index in [1.54, 1.807) is 0 Å². The summed E-state index contributed by atoms with van der Waals surface area (Å²) in [6.45, 7) is 2.13. The molecule has 164 valence electrons. The number of unbranched alkanes of at least 4 members (excludes halogenated alkanes) is 5. The van der Waals surface area contributed by atoms with Crippen molar-refractivity contribution in [2.75, 3.05) is 0 Å². The molecule has 0 bridgehead atoms. The van der Waals surface area contributed by atoms with Crippen molar-refractivity contribution in [1.29, 1.82) is 0 Å². The van der Waals surface area contributed by atoms with Crippen LogP contribution in [0.4, 0.5) is 0 Å². The molecule has 0 spiro atoms. The summed E-state index contributed by atoms with van der Waals surface area (Å²) in [7, 11) is 0. The van der Waals surface area contributed by atoms with Crippen molar-refractivity contribution in [3.63, 3.8) is 0 Å². The molecule has 0 unspecified atom stereocenters. The first-order valence-electron chi connectivity index (χ1n) is 10.6. The Kier molecular flexibility index (Phi) is 15.4. The van der Waals surface area contributed by atoms with Gasteiger partial charge in [0.25, 0.3) is 0 Å². The van der Waals surface area contributed by atoms with Crippen LogP contribution < -0.4 is 11.5 Å². The summed E-state index contributed by atoms with van der Waals surface area (Å²) in [4.78, 5) is 34.4. The van der Waals surface area contributed by atoms with E-state index in [4.69, 9.17) is 11.5 Å². The van der Waals surface area contributed by atoms with Gasteiger partial charge >= 0.3 is 5.97 Å². The van der Waals surface area contributed by atoms with Crippen molar-refractivity contribution in [2.24, 2.45) is 11.5 Å². The lowest BCUT2D eigenvalue weighted by atomic mass is 9.87. The number of hydrogen-bond acceptors (Lipinski definition) is 4. The Labute approximate surface area is 175 Å². The third-order valence-corrected chi connectivity index (χ3v) is 4.70. The van der Waals surface area contributed by atoms with E-state index in [1.165, 1.54) is 0 Å². The number of Topliss-reactive ketones (excluding diaryl/α,β-unsaturated/α-hetero) is 1. The van der Waals surface area contributed by atoms with Crippen LogP contribution in [0.25, 0.3) is 0 Å². The Morgan fingerprint density at radius 1 is 0.828 bits per heavy atom. The summed E-state index contributed by atoms with van der Waals surface area (Å²) in [5.41, 5.74) is 8.73. The molecule has 0 rings (SSSR count). The van der Waals surface area contributed by atoms with Crippen molar-refractivity contribution in [2.45, 2.75) is 89.5 Å². The molecule has 1 amide bonds. The Hall–Kier alpha value is -2.21. The van der Waals surface area contributed by atoms with Crippen LogP contribution in [0.3, 0.4) is 0 Å². The van der Waals surface area contributed by atoms with Gasteiger partial charge in [-0.3, -0.25) is 9.59 Å². The molecule has 6 nitrogen and oxygen atoms in total. The number of rotatable bonds is 18. The smallest absolute Gasteiger partial charge is 0.331 e. The van der Waals surface area contributed by atoms with E-state index in [0.29, 0.717) is 6.42 Å². The number of nitrogens with two attached hydrogens (primary N) is 2. The minimum atomic E-state index is -2.01. The fourth-order valence-electron chi connectivity index (χ4n) is 2.81. The van der Waals surface area contributed by atoms with Gasteiger partial charge in [-0.1, -0.05) is 62.6 Å². The third kappa shape index (κ3) is 13.6. The lowest BCUT2D eigenvalue weighted by molar-refractivity contribution is -0.148. The Balaban J connectivity index is 3.83. The number of allylic oxidation sites excluding steroid dienone is 6. The van der Waals surface area contributed by atoms with Crippen LogP contribution in [-0.2, 0) is 14.4 Å². The quantitative estimate of drug-likeness (QED) is 0.179. The Bertz CT molecular complexity index is 581. The zero-order valence-corrected chi connectivity index (χ0v) is 17.8. The zero-order valence-electron chi connectivity index (χ0n) is 17.8. The van der Waals surface area contributed by atoms with Crippen LogP contribution in [-0.4, -0.2) is 28.3 Å². The van der Waals surface area contributed by atoms with Gasteiger partial charge in [-0.05, 0) is 44.9 Å². The monoisotopic (exact) mass is 406 g/mol. The van der Waals surface area contributed by atoms with Crippen LogP contribution in [0.5, 0.6) is 0 Å². The van der Waals surface area contributed by atoms with Crippen LogP contribution in [0.1, 0.15) is 84.0 Å². The molecule has 5 N–H and O–H groups in total. The molecule has 0 fully saturated rings. The predicted molar refractivity (Wildman–Crippen MR) is 117 cm³/mol. The number of hydrogen-bond donors (Lipinski definition) is 3. The number of primary amides is 1. The molecule has 0 aliphatic carbocycles. The number of carboxylic acids is 1. The fraction of sp³-hybridized carbons (Fsp3) is 0.609. The average Bonchev–Trinajstić information content (AvgIpc) is 2.68. The minimum Gasteiger partial charge on any atom is -0.480 e. The van der Waals surface area contributed by atoms with Crippen molar-refractivity contribution in [3.8, 4) is 0 Å². The van der Waals surface area contributed by atoms with Crippen molar-refractivity contribution < 1.29 is 19.5 Å². The van der Waals surface area contributed by atoms with Gasteiger partial charge < -0.3 is 16.6 Å². The number of aliphatic carboxylic acids is 1. The summed E-state index contributed by atoms with van der Waals surface area (Å²) in [5.74, 6) is -2.60. The van der Waals surface area contributed by atoms with Gasteiger partial charge in [-0.15, -0.1) is 0 Å². The van der Waals surface area contributed by atoms with E-state index in [1.807, 2.05) is 0 Å². The first kappa shape index (κ1) is 26.8. The number of carboxylic acid groups (broad SMARTS) is 1. The molecule has 1 atom stereocenters. The highest BCUT2D eigenvalue weighted by molar-refractivity contribution is 6.07. The van der Waals surface area contributed by atoms with Crippen LogP contribution in [0.15, 0.2) is 36.5 Å². The topological polar surface area (TPSA) is 123 Å². The highest BCUT2D eigenvalue weighted by atomic mass is 16.4. The molecule has 0 aromatic rings. The van der Waals surface area contributed by atoms with Crippen molar-refractivity contribution in [1.82, 2.24) is 0 Å². The molecule has 0 heterocycles.